The van der Waals surface area contributed by atoms with Crippen LogP contribution < -0.4 is 11.1 Å². The van der Waals surface area contributed by atoms with Gasteiger partial charge in [-0.25, -0.2) is 0 Å². The Hall–Kier alpha value is -1.84. The summed E-state index contributed by atoms with van der Waals surface area (Å²) in [7, 11) is 2.16. The molecule has 3 N–H and O–H groups in total. The standard InChI is InChI=1S/C19H27N3/c1-22(15-5-13-20)16-6-14-21-19-11-9-18(10-12-19)17-7-3-2-4-8-17/h2-4,7-12,21H,5-6,13-16,20H2,1H3. The number of anilines is 1. The quantitative estimate of drug-likeness (QED) is 0.697. The minimum Gasteiger partial charge on any atom is -0.385 e. The third-order valence-electron chi connectivity index (χ3n) is 3.78. The zero-order chi connectivity index (χ0) is 15.6. The molecule has 22 heavy (non-hydrogen) atoms. The summed E-state index contributed by atoms with van der Waals surface area (Å²) in [6.45, 7) is 3.96. The van der Waals surface area contributed by atoms with Gasteiger partial charge in [-0.05, 0) is 62.8 Å². The van der Waals surface area contributed by atoms with Gasteiger partial charge in [0.05, 0.1) is 0 Å². The fourth-order valence-corrected chi connectivity index (χ4v) is 2.47. The van der Waals surface area contributed by atoms with Crippen LogP contribution in [-0.4, -0.2) is 38.1 Å². The van der Waals surface area contributed by atoms with E-state index in [1.807, 2.05) is 6.07 Å². The van der Waals surface area contributed by atoms with E-state index < -0.39 is 0 Å². The van der Waals surface area contributed by atoms with Gasteiger partial charge < -0.3 is 16.0 Å². The maximum absolute atomic E-state index is 5.52. The number of hydrogen-bond donors (Lipinski definition) is 2. The van der Waals surface area contributed by atoms with Crippen molar-refractivity contribution < 1.29 is 0 Å². The van der Waals surface area contributed by atoms with Crippen LogP contribution in [0.3, 0.4) is 0 Å². The van der Waals surface area contributed by atoms with Crippen molar-refractivity contribution in [1.82, 2.24) is 4.90 Å². The molecule has 0 atom stereocenters. The molecule has 0 saturated carbocycles. The smallest absolute Gasteiger partial charge is 0.0340 e. The van der Waals surface area contributed by atoms with E-state index in [1.54, 1.807) is 0 Å². The number of rotatable bonds is 9. The minimum atomic E-state index is 0.774. The fraction of sp³-hybridized carbons (Fsp3) is 0.368. The highest BCUT2D eigenvalue weighted by molar-refractivity contribution is 5.65. The first kappa shape index (κ1) is 16.5. The van der Waals surface area contributed by atoms with Gasteiger partial charge in [-0.3, -0.25) is 0 Å². The van der Waals surface area contributed by atoms with Crippen LogP contribution in [0.1, 0.15) is 12.8 Å². The Morgan fingerprint density at radius 1 is 0.864 bits per heavy atom. The van der Waals surface area contributed by atoms with Crippen LogP contribution in [0.2, 0.25) is 0 Å². The zero-order valence-electron chi connectivity index (χ0n) is 13.5. The largest absolute Gasteiger partial charge is 0.385 e. The summed E-state index contributed by atoms with van der Waals surface area (Å²) in [4.78, 5) is 2.34. The van der Waals surface area contributed by atoms with Gasteiger partial charge in [0.1, 0.15) is 0 Å². The van der Waals surface area contributed by atoms with Crippen molar-refractivity contribution in [2.45, 2.75) is 12.8 Å². The molecule has 0 aromatic heterocycles. The molecule has 0 bridgehead atoms. The van der Waals surface area contributed by atoms with E-state index in [0.717, 1.165) is 39.0 Å². The van der Waals surface area contributed by atoms with E-state index in [4.69, 9.17) is 5.73 Å². The van der Waals surface area contributed by atoms with E-state index in [2.05, 4.69) is 65.8 Å². The Morgan fingerprint density at radius 2 is 1.50 bits per heavy atom. The monoisotopic (exact) mass is 297 g/mol. The van der Waals surface area contributed by atoms with Crippen LogP contribution in [0.5, 0.6) is 0 Å². The highest BCUT2D eigenvalue weighted by Gasteiger charge is 1.99. The van der Waals surface area contributed by atoms with E-state index in [9.17, 15) is 0 Å². The number of benzene rings is 2. The lowest BCUT2D eigenvalue weighted by molar-refractivity contribution is 0.330. The van der Waals surface area contributed by atoms with Crippen LogP contribution in [0, 0.1) is 0 Å². The fourth-order valence-electron chi connectivity index (χ4n) is 2.47. The Morgan fingerprint density at radius 3 is 2.18 bits per heavy atom. The lowest BCUT2D eigenvalue weighted by atomic mass is 10.1. The van der Waals surface area contributed by atoms with Gasteiger partial charge in [-0.15, -0.1) is 0 Å². The van der Waals surface area contributed by atoms with Gasteiger partial charge in [-0.2, -0.15) is 0 Å². The SMILES string of the molecule is CN(CCCN)CCCNc1ccc(-c2ccccc2)cc1. The van der Waals surface area contributed by atoms with Crippen molar-refractivity contribution >= 4 is 5.69 Å². The van der Waals surface area contributed by atoms with Crippen LogP contribution in [0.25, 0.3) is 11.1 Å². The Kier molecular flexibility index (Phi) is 6.94. The van der Waals surface area contributed by atoms with E-state index >= 15 is 0 Å². The molecular weight excluding hydrogens is 270 g/mol. The van der Waals surface area contributed by atoms with Gasteiger partial charge in [0.25, 0.3) is 0 Å². The summed E-state index contributed by atoms with van der Waals surface area (Å²) >= 11 is 0. The summed E-state index contributed by atoms with van der Waals surface area (Å²) in [6, 6.07) is 19.1. The molecule has 0 heterocycles. The molecule has 118 valence electrons. The number of nitrogens with two attached hydrogens (primary N) is 1. The molecule has 0 radical (unpaired) electrons. The molecule has 0 aliphatic carbocycles. The minimum absolute atomic E-state index is 0.774. The van der Waals surface area contributed by atoms with E-state index in [-0.39, 0.29) is 0 Å². The molecule has 3 nitrogen and oxygen atoms in total. The van der Waals surface area contributed by atoms with Crippen molar-refractivity contribution in [3.63, 3.8) is 0 Å². The number of nitrogens with one attached hydrogen (secondary N) is 1. The summed E-state index contributed by atoms with van der Waals surface area (Å²) in [5.74, 6) is 0. The normalized spacial score (nSPS) is 10.9. The second kappa shape index (κ2) is 9.23. The summed E-state index contributed by atoms with van der Waals surface area (Å²) < 4.78 is 0. The van der Waals surface area contributed by atoms with Gasteiger partial charge in [0.2, 0.25) is 0 Å². The lowest BCUT2D eigenvalue weighted by Gasteiger charge is -2.16. The summed E-state index contributed by atoms with van der Waals surface area (Å²) in [5.41, 5.74) is 9.22. The zero-order valence-corrected chi connectivity index (χ0v) is 13.5. The molecule has 2 aromatic carbocycles. The first-order valence-corrected chi connectivity index (χ1v) is 8.07. The average molecular weight is 297 g/mol. The van der Waals surface area contributed by atoms with Crippen molar-refractivity contribution in [2.24, 2.45) is 5.73 Å². The third kappa shape index (κ3) is 5.51. The average Bonchev–Trinajstić information content (AvgIpc) is 2.58. The first-order chi connectivity index (χ1) is 10.8. The van der Waals surface area contributed by atoms with Gasteiger partial charge in [-0.1, -0.05) is 42.5 Å². The topological polar surface area (TPSA) is 41.3 Å². The highest BCUT2D eigenvalue weighted by atomic mass is 15.1. The molecule has 2 aromatic rings. The molecule has 0 spiro atoms. The predicted molar refractivity (Wildman–Crippen MR) is 96.2 cm³/mol. The van der Waals surface area contributed by atoms with Crippen LogP contribution in [0.4, 0.5) is 5.69 Å². The van der Waals surface area contributed by atoms with Crippen LogP contribution in [0.15, 0.2) is 54.6 Å². The molecular formula is C19H27N3. The van der Waals surface area contributed by atoms with Crippen molar-refractivity contribution in [2.75, 3.05) is 38.5 Å². The second-order valence-electron chi connectivity index (χ2n) is 5.67. The predicted octanol–water partition coefficient (Wildman–Crippen LogP) is 3.44. The number of hydrogen-bond acceptors (Lipinski definition) is 3. The lowest BCUT2D eigenvalue weighted by Crippen LogP contribution is -2.24. The second-order valence-corrected chi connectivity index (χ2v) is 5.67. The molecule has 2 rings (SSSR count). The molecule has 3 heteroatoms. The van der Waals surface area contributed by atoms with Crippen molar-refractivity contribution in [3.05, 3.63) is 54.6 Å². The van der Waals surface area contributed by atoms with Gasteiger partial charge in [0.15, 0.2) is 0 Å². The summed E-state index contributed by atoms with van der Waals surface area (Å²) in [6.07, 6.45) is 2.21. The van der Waals surface area contributed by atoms with Crippen LogP contribution >= 0.6 is 0 Å². The maximum atomic E-state index is 5.52. The van der Waals surface area contributed by atoms with Crippen LogP contribution in [-0.2, 0) is 0 Å². The number of nitrogens with zero attached hydrogens (tertiary/aromatic N) is 1. The third-order valence-corrected chi connectivity index (χ3v) is 3.78. The Labute approximate surface area is 134 Å². The van der Waals surface area contributed by atoms with E-state index in [1.165, 1.54) is 16.8 Å². The van der Waals surface area contributed by atoms with Crippen molar-refractivity contribution in [1.29, 1.82) is 0 Å². The maximum Gasteiger partial charge on any atom is 0.0340 e. The van der Waals surface area contributed by atoms with Crippen molar-refractivity contribution in [3.8, 4) is 11.1 Å². The molecule has 0 aliphatic rings. The Balaban J connectivity index is 1.73. The van der Waals surface area contributed by atoms with Gasteiger partial charge in [0, 0.05) is 12.2 Å². The molecule has 0 fully saturated rings. The summed E-state index contributed by atoms with van der Waals surface area (Å²) in [5, 5.41) is 3.48. The molecule has 0 amide bonds. The molecule has 0 saturated heterocycles. The molecule has 0 aliphatic heterocycles. The molecule has 0 unspecified atom stereocenters. The Bertz CT molecular complexity index is 522. The highest BCUT2D eigenvalue weighted by Crippen LogP contribution is 2.20. The first-order valence-electron chi connectivity index (χ1n) is 8.07. The van der Waals surface area contributed by atoms with Gasteiger partial charge >= 0.3 is 0 Å². The van der Waals surface area contributed by atoms with E-state index in [0.29, 0.717) is 0 Å².